The van der Waals surface area contributed by atoms with E-state index in [0.717, 1.165) is 64.2 Å². The smallest absolute Gasteiger partial charge is 0.220 e. The van der Waals surface area contributed by atoms with Gasteiger partial charge in [0.2, 0.25) is 5.91 Å². The molecule has 0 aromatic carbocycles. The summed E-state index contributed by atoms with van der Waals surface area (Å²) in [7, 11) is 0. The van der Waals surface area contributed by atoms with Crippen molar-refractivity contribution in [2.75, 3.05) is 26.4 Å². The monoisotopic (exact) mass is 1180 g/mol. The van der Waals surface area contributed by atoms with E-state index in [-0.39, 0.29) is 18.9 Å². The Bertz CT molecular complexity index is 1790. The number of carbonyl (C=O) groups is 1. The third kappa shape index (κ3) is 29.7. The number of aliphatic hydroxyl groups excluding tert-OH is 11. The van der Waals surface area contributed by atoms with Crippen LogP contribution in [0.1, 0.15) is 194 Å². The molecule has 0 radical (unpaired) electrons. The second-order valence-electron chi connectivity index (χ2n) is 22.5. The summed E-state index contributed by atoms with van der Waals surface area (Å²) in [5.74, 6) is -0.292. The van der Waals surface area contributed by atoms with Crippen molar-refractivity contribution in [3.8, 4) is 0 Å². The van der Waals surface area contributed by atoms with Gasteiger partial charge in [0.25, 0.3) is 0 Å². The molecule has 3 fully saturated rings. The van der Waals surface area contributed by atoms with E-state index in [4.69, 9.17) is 28.4 Å². The molecule has 83 heavy (non-hydrogen) atoms. The van der Waals surface area contributed by atoms with Crippen LogP contribution in [0.15, 0.2) is 72.9 Å². The van der Waals surface area contributed by atoms with Gasteiger partial charge in [0.15, 0.2) is 18.9 Å². The fourth-order valence-corrected chi connectivity index (χ4v) is 10.3. The first-order valence-corrected chi connectivity index (χ1v) is 31.7. The number of aliphatic hydroxyl groups is 11. The number of unbranched alkanes of at least 4 members (excludes halogenated alkanes) is 20. The molecule has 0 spiro atoms. The predicted octanol–water partition coefficient (Wildman–Crippen LogP) is 6.60. The summed E-state index contributed by atoms with van der Waals surface area (Å²) in [5, 5.41) is 120. The molecule has 19 heteroatoms. The van der Waals surface area contributed by atoms with Gasteiger partial charge in [-0.15, -0.1) is 0 Å². The van der Waals surface area contributed by atoms with Gasteiger partial charge in [-0.1, -0.05) is 196 Å². The van der Waals surface area contributed by atoms with Crippen LogP contribution in [0.5, 0.6) is 0 Å². The van der Waals surface area contributed by atoms with Crippen LogP contribution >= 0.6 is 0 Å². The second kappa shape index (κ2) is 46.4. The molecule has 480 valence electrons. The zero-order valence-corrected chi connectivity index (χ0v) is 50.1. The van der Waals surface area contributed by atoms with E-state index in [1.165, 1.54) is 96.3 Å². The summed E-state index contributed by atoms with van der Waals surface area (Å²) in [4.78, 5) is 13.3. The van der Waals surface area contributed by atoms with E-state index in [9.17, 15) is 61.0 Å². The van der Waals surface area contributed by atoms with Crippen molar-refractivity contribution in [1.29, 1.82) is 0 Å². The van der Waals surface area contributed by atoms with E-state index in [0.29, 0.717) is 12.8 Å². The highest BCUT2D eigenvalue weighted by Gasteiger charge is 2.53. The maximum absolute atomic E-state index is 13.3. The van der Waals surface area contributed by atoms with Gasteiger partial charge < -0.3 is 89.9 Å². The van der Waals surface area contributed by atoms with E-state index in [2.05, 4.69) is 79.9 Å². The number of nitrogens with one attached hydrogen (secondary N) is 1. The topological polar surface area (TPSA) is 307 Å². The normalized spacial score (nSPS) is 29.9. The van der Waals surface area contributed by atoms with Gasteiger partial charge in [-0.25, -0.2) is 0 Å². The summed E-state index contributed by atoms with van der Waals surface area (Å²) < 4.78 is 34.1. The van der Waals surface area contributed by atoms with Crippen LogP contribution in [0.3, 0.4) is 0 Å². The first kappa shape index (κ1) is 74.5. The van der Waals surface area contributed by atoms with Crippen molar-refractivity contribution in [1.82, 2.24) is 5.32 Å². The maximum Gasteiger partial charge on any atom is 0.220 e. The highest BCUT2D eigenvalue weighted by molar-refractivity contribution is 5.76. The molecule has 0 saturated carbocycles. The number of hydrogen-bond acceptors (Lipinski definition) is 18. The Hall–Kier alpha value is -2.77. The second-order valence-corrected chi connectivity index (χ2v) is 22.5. The molecule has 17 unspecified atom stereocenters. The average molecular weight is 1180 g/mol. The summed E-state index contributed by atoms with van der Waals surface area (Å²) >= 11 is 0. The number of hydrogen-bond donors (Lipinski definition) is 12. The minimum absolute atomic E-state index is 0.233. The van der Waals surface area contributed by atoms with E-state index < -0.39 is 124 Å². The Labute approximate surface area is 496 Å². The fourth-order valence-electron chi connectivity index (χ4n) is 10.3. The van der Waals surface area contributed by atoms with Crippen LogP contribution in [0.4, 0.5) is 0 Å². The van der Waals surface area contributed by atoms with Gasteiger partial charge in [-0.3, -0.25) is 4.79 Å². The molecule has 12 N–H and O–H groups in total. The van der Waals surface area contributed by atoms with Crippen LogP contribution in [-0.4, -0.2) is 193 Å². The number of rotatable bonds is 46. The van der Waals surface area contributed by atoms with Crippen molar-refractivity contribution < 1.29 is 89.4 Å². The van der Waals surface area contributed by atoms with Crippen molar-refractivity contribution in [3.63, 3.8) is 0 Å². The lowest BCUT2D eigenvalue weighted by atomic mass is 9.96. The van der Waals surface area contributed by atoms with Gasteiger partial charge in [0, 0.05) is 6.42 Å². The highest BCUT2D eigenvalue weighted by Crippen LogP contribution is 2.33. The van der Waals surface area contributed by atoms with Gasteiger partial charge in [0.1, 0.15) is 73.2 Å². The minimum atomic E-state index is -1.98. The van der Waals surface area contributed by atoms with Gasteiger partial charge in [-0.05, 0) is 64.2 Å². The molecule has 1 amide bonds. The Kier molecular flexibility index (Phi) is 41.6. The summed E-state index contributed by atoms with van der Waals surface area (Å²) in [5.41, 5.74) is 0. The van der Waals surface area contributed by atoms with E-state index in [1.54, 1.807) is 6.08 Å². The van der Waals surface area contributed by atoms with Crippen LogP contribution in [0.25, 0.3) is 0 Å². The van der Waals surface area contributed by atoms with Gasteiger partial charge >= 0.3 is 0 Å². The van der Waals surface area contributed by atoms with E-state index in [1.807, 2.05) is 6.08 Å². The van der Waals surface area contributed by atoms with E-state index >= 15 is 0 Å². The third-order valence-corrected chi connectivity index (χ3v) is 15.5. The predicted molar refractivity (Wildman–Crippen MR) is 318 cm³/mol. The fraction of sp³-hybridized carbons (Fsp3) is 0.797. The Morgan fingerprint density at radius 1 is 0.446 bits per heavy atom. The average Bonchev–Trinajstić information content (AvgIpc) is 3.69. The molecule has 17 atom stereocenters. The molecular formula is C64H111NO18. The maximum atomic E-state index is 13.3. The molecule has 3 saturated heterocycles. The molecule has 3 aliphatic rings. The Balaban J connectivity index is 1.33. The first-order chi connectivity index (χ1) is 40.3. The van der Waals surface area contributed by atoms with Crippen molar-refractivity contribution in [3.05, 3.63) is 72.9 Å². The number of carbonyl (C=O) groups excluding carboxylic acids is 1. The number of amides is 1. The Morgan fingerprint density at radius 2 is 0.843 bits per heavy atom. The molecule has 3 heterocycles. The van der Waals surface area contributed by atoms with Crippen LogP contribution in [-0.2, 0) is 33.2 Å². The molecule has 3 rings (SSSR count). The molecule has 0 bridgehead atoms. The standard InChI is InChI=1S/C64H111NO18/c1-3-5-7-9-11-12-13-14-15-16-17-18-19-20-21-22-23-24-25-26-27-28-29-30-31-32-33-34-36-38-40-42-52(70)65-47(48(69)41-39-37-35-10-8-6-4-2)46-78-62-58(76)55(73)60(50(44-67)80-62)83-64-59(77)56(74)61(51(45-68)81-64)82-63-57(75)54(72)53(71)49(43-66)79-63/h5,7-8,10-12,14-15,17-18,39,41,47-51,53-64,66-69,71-77H,3-4,6,9,13,16,19-38,40,42-46H2,1-2H3,(H,65,70)/b7-5-,10-8+,12-11-,15-14-,18-17-,41-39+. The van der Waals surface area contributed by atoms with Crippen molar-refractivity contribution >= 4 is 5.91 Å². The zero-order chi connectivity index (χ0) is 60.5. The molecular weight excluding hydrogens is 1070 g/mol. The van der Waals surface area contributed by atoms with Gasteiger partial charge in [0.05, 0.1) is 38.6 Å². The number of allylic oxidation sites excluding steroid dienone is 11. The molecule has 0 aromatic heterocycles. The van der Waals surface area contributed by atoms with Crippen molar-refractivity contribution in [2.24, 2.45) is 0 Å². The first-order valence-electron chi connectivity index (χ1n) is 31.7. The number of ether oxygens (including phenoxy) is 6. The quantitative estimate of drug-likeness (QED) is 0.0226. The summed E-state index contributed by atoms with van der Waals surface area (Å²) in [6, 6.07) is -0.988. The lowest BCUT2D eigenvalue weighted by Crippen LogP contribution is -2.66. The molecule has 0 aliphatic carbocycles. The van der Waals surface area contributed by atoms with Crippen molar-refractivity contribution in [2.45, 2.75) is 298 Å². The van der Waals surface area contributed by atoms with Crippen LogP contribution in [0.2, 0.25) is 0 Å². The summed E-state index contributed by atoms with van der Waals surface area (Å²) in [6.45, 7) is 1.46. The lowest BCUT2D eigenvalue weighted by Gasteiger charge is -2.48. The largest absolute Gasteiger partial charge is 0.394 e. The molecule has 0 aromatic rings. The SMILES string of the molecule is CC/C=C\C/C=C\C/C=C\C/C=C\CCCCCCCCCCCCCCCCCCCCC(=O)NC(COC1OC(CO)C(OC2OC(CO)C(OC3OC(CO)C(O)C(O)C3O)C(O)C2O)C(O)C1O)C(O)/C=C/CC/C=C/CCC. The Morgan fingerprint density at radius 3 is 1.34 bits per heavy atom. The molecule has 19 nitrogen and oxygen atoms in total. The third-order valence-electron chi connectivity index (χ3n) is 15.5. The van der Waals surface area contributed by atoms with Crippen LogP contribution in [0, 0.1) is 0 Å². The lowest BCUT2D eigenvalue weighted by molar-refractivity contribution is -0.379. The van der Waals surface area contributed by atoms with Crippen LogP contribution < -0.4 is 5.32 Å². The minimum Gasteiger partial charge on any atom is -0.394 e. The zero-order valence-electron chi connectivity index (χ0n) is 50.1. The highest BCUT2D eigenvalue weighted by atomic mass is 16.8. The molecule has 3 aliphatic heterocycles. The summed E-state index contributed by atoms with van der Waals surface area (Å²) in [6.07, 6.45) is 29.6. The van der Waals surface area contributed by atoms with Gasteiger partial charge in [-0.2, -0.15) is 0 Å².